The zero-order valence-corrected chi connectivity index (χ0v) is 10.5. The molecule has 2 amide bonds. The summed E-state index contributed by atoms with van der Waals surface area (Å²) in [5, 5.41) is 5.56. The summed E-state index contributed by atoms with van der Waals surface area (Å²) >= 11 is 0. The van der Waals surface area contributed by atoms with E-state index in [2.05, 4.69) is 10.6 Å². The average molecular weight is 239 g/mol. The Morgan fingerprint density at radius 1 is 1.29 bits per heavy atom. The molecule has 0 spiro atoms. The summed E-state index contributed by atoms with van der Waals surface area (Å²) in [6.45, 7) is 1.07. The largest absolute Gasteiger partial charge is 0.357 e. The molecule has 1 saturated heterocycles. The van der Waals surface area contributed by atoms with Crippen LogP contribution in [0, 0.1) is 11.8 Å². The van der Waals surface area contributed by atoms with Crippen LogP contribution in [0.4, 0.5) is 0 Å². The molecule has 2 rings (SSSR count). The van der Waals surface area contributed by atoms with Gasteiger partial charge < -0.3 is 15.5 Å². The topological polar surface area (TPSA) is 61.4 Å². The molecule has 0 aromatic carbocycles. The van der Waals surface area contributed by atoms with Gasteiger partial charge in [0.15, 0.2) is 0 Å². The molecular formula is C12H21N3O2. The minimum atomic E-state index is -0.242. The van der Waals surface area contributed by atoms with E-state index >= 15 is 0 Å². The number of nitrogens with one attached hydrogen (secondary N) is 2. The molecule has 0 bridgehead atoms. The number of carbonyl (C=O) groups is 2. The molecule has 3 atom stereocenters. The Balaban J connectivity index is 2.14. The number of hydrogen-bond donors (Lipinski definition) is 2. The second-order valence-electron chi connectivity index (χ2n) is 4.99. The fraction of sp³-hybridized carbons (Fsp3) is 0.833. The summed E-state index contributed by atoms with van der Waals surface area (Å²) in [6, 6.07) is -0.242. The van der Waals surface area contributed by atoms with E-state index in [1.807, 2.05) is 0 Å². The summed E-state index contributed by atoms with van der Waals surface area (Å²) in [5.41, 5.74) is 0. The Bertz CT molecular complexity index is 319. The van der Waals surface area contributed by atoms with Crippen molar-refractivity contribution in [1.82, 2.24) is 15.5 Å². The van der Waals surface area contributed by atoms with Crippen molar-refractivity contribution >= 4 is 11.8 Å². The molecule has 0 aromatic rings. The molecule has 5 nitrogen and oxygen atoms in total. The summed E-state index contributed by atoms with van der Waals surface area (Å²) in [5.74, 6) is 0.924. The van der Waals surface area contributed by atoms with Crippen LogP contribution in [0.3, 0.4) is 0 Å². The monoisotopic (exact) mass is 239 g/mol. The van der Waals surface area contributed by atoms with Crippen LogP contribution in [0.2, 0.25) is 0 Å². The minimum absolute atomic E-state index is 0.0103. The first kappa shape index (κ1) is 12.4. The van der Waals surface area contributed by atoms with E-state index in [4.69, 9.17) is 0 Å². The maximum Gasteiger partial charge on any atom is 0.242 e. The van der Waals surface area contributed by atoms with Gasteiger partial charge in [-0.15, -0.1) is 0 Å². The SMILES string of the molecule is CNCC(=O)N1C[C@@H]2CCC[C@@H]2[C@H]1C(=O)NC. The van der Waals surface area contributed by atoms with Gasteiger partial charge in [-0.2, -0.15) is 0 Å². The molecule has 1 heterocycles. The highest BCUT2D eigenvalue weighted by Crippen LogP contribution is 2.42. The number of hydrogen-bond acceptors (Lipinski definition) is 3. The molecule has 0 unspecified atom stereocenters. The predicted octanol–water partition coefficient (Wildman–Crippen LogP) is -0.421. The van der Waals surface area contributed by atoms with Crippen molar-refractivity contribution in [3.8, 4) is 0 Å². The first-order valence-corrected chi connectivity index (χ1v) is 6.34. The van der Waals surface area contributed by atoms with Crippen LogP contribution in [0.1, 0.15) is 19.3 Å². The summed E-state index contributed by atoms with van der Waals surface area (Å²) in [7, 11) is 3.40. The Labute approximate surface area is 102 Å². The van der Waals surface area contributed by atoms with Crippen molar-refractivity contribution in [3.63, 3.8) is 0 Å². The normalized spacial score (nSPS) is 31.4. The number of likely N-dealkylation sites (tertiary alicyclic amines) is 1. The lowest BCUT2D eigenvalue weighted by atomic mass is 9.93. The molecule has 1 aliphatic carbocycles. The predicted molar refractivity (Wildman–Crippen MR) is 64.3 cm³/mol. The third-order valence-corrected chi connectivity index (χ3v) is 4.05. The zero-order chi connectivity index (χ0) is 12.4. The first-order chi connectivity index (χ1) is 8.19. The zero-order valence-electron chi connectivity index (χ0n) is 10.5. The fourth-order valence-corrected chi connectivity index (χ4v) is 3.30. The van der Waals surface area contributed by atoms with Crippen LogP contribution in [0.15, 0.2) is 0 Å². The van der Waals surface area contributed by atoms with Gasteiger partial charge in [-0.05, 0) is 31.7 Å². The first-order valence-electron chi connectivity index (χ1n) is 6.34. The fourth-order valence-electron chi connectivity index (χ4n) is 3.30. The lowest BCUT2D eigenvalue weighted by molar-refractivity contribution is -0.138. The van der Waals surface area contributed by atoms with Crippen LogP contribution >= 0.6 is 0 Å². The molecule has 0 aromatic heterocycles. The van der Waals surface area contributed by atoms with Crippen LogP contribution in [0.5, 0.6) is 0 Å². The van der Waals surface area contributed by atoms with Gasteiger partial charge in [0.25, 0.3) is 0 Å². The number of likely N-dealkylation sites (N-methyl/N-ethyl adjacent to an activating group) is 2. The molecular weight excluding hydrogens is 218 g/mol. The summed E-state index contributed by atoms with van der Waals surface area (Å²) in [4.78, 5) is 25.7. The molecule has 2 fully saturated rings. The van der Waals surface area contributed by atoms with Gasteiger partial charge in [0.05, 0.1) is 6.54 Å². The van der Waals surface area contributed by atoms with Crippen molar-refractivity contribution in [2.45, 2.75) is 25.3 Å². The van der Waals surface area contributed by atoms with Gasteiger partial charge in [-0.3, -0.25) is 9.59 Å². The highest BCUT2D eigenvalue weighted by atomic mass is 16.2. The van der Waals surface area contributed by atoms with Gasteiger partial charge in [0, 0.05) is 13.6 Å². The van der Waals surface area contributed by atoms with E-state index in [9.17, 15) is 9.59 Å². The highest BCUT2D eigenvalue weighted by molar-refractivity contribution is 5.89. The van der Waals surface area contributed by atoms with Gasteiger partial charge in [-0.1, -0.05) is 6.42 Å². The van der Waals surface area contributed by atoms with E-state index in [0.717, 1.165) is 19.4 Å². The Hall–Kier alpha value is -1.10. The molecule has 2 aliphatic rings. The van der Waals surface area contributed by atoms with Gasteiger partial charge >= 0.3 is 0 Å². The van der Waals surface area contributed by atoms with E-state index < -0.39 is 0 Å². The van der Waals surface area contributed by atoms with Crippen molar-refractivity contribution < 1.29 is 9.59 Å². The summed E-state index contributed by atoms with van der Waals surface area (Å²) < 4.78 is 0. The number of rotatable bonds is 3. The van der Waals surface area contributed by atoms with E-state index in [0.29, 0.717) is 18.4 Å². The average Bonchev–Trinajstić information content (AvgIpc) is 2.87. The quantitative estimate of drug-likeness (QED) is 0.703. The van der Waals surface area contributed by atoms with Crippen LogP contribution in [0.25, 0.3) is 0 Å². The maximum atomic E-state index is 12.0. The lowest BCUT2D eigenvalue weighted by Gasteiger charge is -2.26. The number of nitrogens with zero attached hydrogens (tertiary/aromatic N) is 1. The number of fused-ring (bicyclic) bond motifs is 1. The molecule has 5 heteroatoms. The van der Waals surface area contributed by atoms with Crippen molar-refractivity contribution in [1.29, 1.82) is 0 Å². The third kappa shape index (κ3) is 2.16. The van der Waals surface area contributed by atoms with Gasteiger partial charge in [0.1, 0.15) is 6.04 Å². The third-order valence-electron chi connectivity index (χ3n) is 4.05. The number of amides is 2. The molecule has 2 N–H and O–H groups in total. The van der Waals surface area contributed by atoms with E-state index in [-0.39, 0.29) is 17.9 Å². The molecule has 17 heavy (non-hydrogen) atoms. The second-order valence-corrected chi connectivity index (χ2v) is 4.99. The smallest absolute Gasteiger partial charge is 0.242 e. The highest BCUT2D eigenvalue weighted by Gasteiger charge is 2.48. The molecule has 1 saturated carbocycles. The van der Waals surface area contributed by atoms with Crippen LogP contribution < -0.4 is 10.6 Å². The second kappa shape index (κ2) is 5.04. The maximum absolute atomic E-state index is 12.0. The van der Waals surface area contributed by atoms with Crippen molar-refractivity contribution in [2.75, 3.05) is 27.2 Å². The lowest BCUT2D eigenvalue weighted by Crippen LogP contribution is -2.49. The Kier molecular flexibility index (Phi) is 3.66. The van der Waals surface area contributed by atoms with Crippen molar-refractivity contribution in [2.24, 2.45) is 11.8 Å². The van der Waals surface area contributed by atoms with E-state index in [1.165, 1.54) is 6.42 Å². The van der Waals surface area contributed by atoms with Crippen molar-refractivity contribution in [3.05, 3.63) is 0 Å². The summed E-state index contributed by atoms with van der Waals surface area (Å²) in [6.07, 6.45) is 3.42. The standard InChI is InChI=1S/C12H21N3O2/c1-13-6-10(16)15-7-8-4-3-5-9(8)11(15)12(17)14-2/h8-9,11,13H,3-7H2,1-2H3,(H,14,17)/t8-,9-,11-/m0/s1. The Morgan fingerprint density at radius 3 is 2.71 bits per heavy atom. The Morgan fingerprint density at radius 2 is 2.06 bits per heavy atom. The minimum Gasteiger partial charge on any atom is -0.357 e. The van der Waals surface area contributed by atoms with Gasteiger partial charge in [-0.25, -0.2) is 0 Å². The molecule has 1 aliphatic heterocycles. The van der Waals surface area contributed by atoms with E-state index in [1.54, 1.807) is 19.0 Å². The van der Waals surface area contributed by atoms with Crippen LogP contribution in [-0.4, -0.2) is 49.9 Å². The number of carbonyl (C=O) groups excluding carboxylic acids is 2. The molecule has 96 valence electrons. The van der Waals surface area contributed by atoms with Gasteiger partial charge in [0.2, 0.25) is 11.8 Å². The van der Waals surface area contributed by atoms with Crippen LogP contribution in [-0.2, 0) is 9.59 Å². The molecule has 0 radical (unpaired) electrons.